The van der Waals surface area contributed by atoms with Crippen LogP contribution in [0.15, 0.2) is 18.2 Å². The monoisotopic (exact) mass is 303 g/mol. The lowest BCUT2D eigenvalue weighted by molar-refractivity contribution is -0.385. The molecule has 0 amide bonds. The molecule has 0 bridgehead atoms. The molecule has 2 rings (SSSR count). The first-order chi connectivity index (χ1) is 8.95. The van der Waals surface area contributed by atoms with E-state index in [-0.39, 0.29) is 18.1 Å². The molecule has 1 aliphatic rings. The summed E-state index contributed by atoms with van der Waals surface area (Å²) in [7, 11) is 0. The highest BCUT2D eigenvalue weighted by atomic mass is 35.5. The minimum Gasteiger partial charge on any atom is -0.309 e. The Bertz CT molecular complexity index is 477. The van der Waals surface area contributed by atoms with E-state index in [4.69, 9.17) is 0 Å². The second kappa shape index (κ2) is 6.97. The summed E-state index contributed by atoms with van der Waals surface area (Å²) in [6.45, 7) is 6.37. The number of hydrogen-bond donors (Lipinski definition) is 1. The summed E-state index contributed by atoms with van der Waals surface area (Å²) in [5.41, 5.74) is 0.301. The van der Waals surface area contributed by atoms with Crippen LogP contribution in [0.3, 0.4) is 0 Å². The zero-order chi connectivity index (χ0) is 14.0. The second-order valence-corrected chi connectivity index (χ2v) is 5.20. The van der Waals surface area contributed by atoms with Gasteiger partial charge in [-0.05, 0) is 19.9 Å². The first kappa shape index (κ1) is 16.8. The molecule has 0 aromatic heterocycles. The van der Waals surface area contributed by atoms with Crippen LogP contribution in [0, 0.1) is 15.9 Å². The van der Waals surface area contributed by atoms with Gasteiger partial charge in [0, 0.05) is 43.3 Å². The maximum Gasteiger partial charge on any atom is 0.272 e. The third-order valence-electron chi connectivity index (χ3n) is 3.27. The van der Waals surface area contributed by atoms with Gasteiger partial charge in [0.15, 0.2) is 0 Å². The van der Waals surface area contributed by atoms with Gasteiger partial charge < -0.3 is 5.32 Å². The third-order valence-corrected chi connectivity index (χ3v) is 3.27. The molecule has 0 spiro atoms. The molecule has 1 aliphatic heterocycles. The molecule has 20 heavy (non-hydrogen) atoms. The molecule has 1 N–H and O–H groups in total. The Labute approximate surface area is 123 Å². The molecule has 1 heterocycles. The Kier molecular flexibility index (Phi) is 5.86. The molecule has 2 unspecified atom stereocenters. The molecule has 1 saturated heterocycles. The van der Waals surface area contributed by atoms with Gasteiger partial charge in [0.2, 0.25) is 0 Å². The first-order valence-electron chi connectivity index (χ1n) is 6.37. The molecule has 0 aliphatic carbocycles. The Morgan fingerprint density at radius 2 is 2.00 bits per heavy atom. The minimum absolute atomic E-state index is 0. The van der Waals surface area contributed by atoms with Crippen LogP contribution in [0.25, 0.3) is 0 Å². The quantitative estimate of drug-likeness (QED) is 0.688. The van der Waals surface area contributed by atoms with Gasteiger partial charge in [0.05, 0.1) is 11.0 Å². The molecule has 0 radical (unpaired) electrons. The zero-order valence-electron chi connectivity index (χ0n) is 11.5. The van der Waals surface area contributed by atoms with Crippen molar-refractivity contribution in [2.75, 3.05) is 13.1 Å². The summed E-state index contributed by atoms with van der Waals surface area (Å²) < 4.78 is 13.8. The fourth-order valence-corrected chi connectivity index (χ4v) is 2.59. The van der Waals surface area contributed by atoms with Crippen LogP contribution in [0.2, 0.25) is 0 Å². The van der Waals surface area contributed by atoms with Crippen LogP contribution in [0.5, 0.6) is 0 Å². The number of non-ortho nitro benzene ring substituents is 1. The smallest absolute Gasteiger partial charge is 0.272 e. The maximum atomic E-state index is 13.8. The molecule has 0 saturated carbocycles. The van der Waals surface area contributed by atoms with Crippen molar-refractivity contribution in [3.8, 4) is 0 Å². The molecule has 112 valence electrons. The molecule has 5 nitrogen and oxygen atoms in total. The standard InChI is InChI=1S/C13H18FN3O2.ClH/c1-9-6-16(7-10(2)15-9)8-11-3-4-12(17(18)19)5-13(11)14;/h3-5,9-10,15H,6-8H2,1-2H3;1H. The number of halogens is 2. The van der Waals surface area contributed by atoms with Gasteiger partial charge in [-0.1, -0.05) is 0 Å². The van der Waals surface area contributed by atoms with Crippen LogP contribution >= 0.6 is 12.4 Å². The van der Waals surface area contributed by atoms with Crippen molar-refractivity contribution >= 4 is 18.1 Å². The summed E-state index contributed by atoms with van der Waals surface area (Å²) in [5.74, 6) is -0.506. The number of nitro groups is 1. The van der Waals surface area contributed by atoms with E-state index < -0.39 is 10.7 Å². The van der Waals surface area contributed by atoms with Crippen LogP contribution in [0.4, 0.5) is 10.1 Å². The van der Waals surface area contributed by atoms with E-state index in [1.165, 1.54) is 12.1 Å². The summed E-state index contributed by atoms with van der Waals surface area (Å²) >= 11 is 0. The zero-order valence-corrected chi connectivity index (χ0v) is 12.3. The number of nitro benzene ring substituents is 1. The van der Waals surface area contributed by atoms with E-state index >= 15 is 0 Å². The highest BCUT2D eigenvalue weighted by molar-refractivity contribution is 5.85. The highest BCUT2D eigenvalue weighted by Gasteiger charge is 2.22. The van der Waals surface area contributed by atoms with Crippen LogP contribution in [-0.2, 0) is 6.54 Å². The minimum atomic E-state index is -0.582. The molecular weight excluding hydrogens is 285 g/mol. The van der Waals surface area contributed by atoms with Gasteiger partial charge in [0.25, 0.3) is 5.69 Å². The van der Waals surface area contributed by atoms with E-state index in [1.807, 2.05) is 0 Å². The summed E-state index contributed by atoms with van der Waals surface area (Å²) in [4.78, 5) is 12.1. The Morgan fingerprint density at radius 1 is 1.40 bits per heavy atom. The van der Waals surface area contributed by atoms with Crippen LogP contribution in [0.1, 0.15) is 19.4 Å². The van der Waals surface area contributed by atoms with Crippen molar-refractivity contribution in [3.05, 3.63) is 39.7 Å². The fourth-order valence-electron chi connectivity index (χ4n) is 2.59. The van der Waals surface area contributed by atoms with Crippen molar-refractivity contribution in [3.63, 3.8) is 0 Å². The number of benzene rings is 1. The fraction of sp³-hybridized carbons (Fsp3) is 0.538. The first-order valence-corrected chi connectivity index (χ1v) is 6.37. The third kappa shape index (κ3) is 4.13. The van der Waals surface area contributed by atoms with E-state index in [2.05, 4.69) is 24.1 Å². The van der Waals surface area contributed by atoms with E-state index in [9.17, 15) is 14.5 Å². The lowest BCUT2D eigenvalue weighted by Gasteiger charge is -2.36. The lowest BCUT2D eigenvalue weighted by Crippen LogP contribution is -2.53. The van der Waals surface area contributed by atoms with Gasteiger partial charge in [0.1, 0.15) is 5.82 Å². The molecule has 2 atom stereocenters. The SMILES string of the molecule is CC1CN(Cc2ccc([N+](=O)[O-])cc2F)CC(C)N1.Cl. The molecule has 1 aromatic rings. The largest absolute Gasteiger partial charge is 0.309 e. The Balaban J connectivity index is 0.00000200. The Hall–Kier alpha value is -1.24. The van der Waals surface area contributed by atoms with Crippen molar-refractivity contribution in [2.45, 2.75) is 32.5 Å². The van der Waals surface area contributed by atoms with Crippen molar-refractivity contribution in [1.29, 1.82) is 0 Å². The number of nitrogens with zero attached hydrogens (tertiary/aromatic N) is 2. The van der Waals surface area contributed by atoms with Crippen molar-refractivity contribution in [1.82, 2.24) is 10.2 Å². The average Bonchev–Trinajstić information content (AvgIpc) is 2.30. The summed E-state index contributed by atoms with van der Waals surface area (Å²) in [6, 6.07) is 4.58. The number of rotatable bonds is 3. The highest BCUT2D eigenvalue weighted by Crippen LogP contribution is 2.19. The van der Waals surface area contributed by atoms with Crippen molar-refractivity contribution in [2.24, 2.45) is 0 Å². The predicted octanol–water partition coefficient (Wildman–Crippen LogP) is 2.34. The molecule has 7 heteroatoms. The van der Waals surface area contributed by atoms with Gasteiger partial charge in [-0.2, -0.15) is 0 Å². The van der Waals surface area contributed by atoms with E-state index in [0.29, 0.717) is 24.2 Å². The maximum absolute atomic E-state index is 13.8. The molecule has 1 aromatic carbocycles. The summed E-state index contributed by atoms with van der Waals surface area (Å²) in [5, 5.41) is 14.0. The number of piperazine rings is 1. The normalized spacial score (nSPS) is 23.1. The number of hydrogen-bond acceptors (Lipinski definition) is 4. The van der Waals surface area contributed by atoms with Crippen LogP contribution in [-0.4, -0.2) is 35.0 Å². The second-order valence-electron chi connectivity index (χ2n) is 5.20. The summed E-state index contributed by atoms with van der Waals surface area (Å²) in [6.07, 6.45) is 0. The van der Waals surface area contributed by atoms with Gasteiger partial charge in [-0.15, -0.1) is 12.4 Å². The van der Waals surface area contributed by atoms with E-state index in [0.717, 1.165) is 19.2 Å². The molecule has 1 fully saturated rings. The van der Waals surface area contributed by atoms with Gasteiger partial charge in [-0.3, -0.25) is 15.0 Å². The number of nitrogens with one attached hydrogen (secondary N) is 1. The van der Waals surface area contributed by atoms with Crippen LogP contribution < -0.4 is 5.32 Å². The van der Waals surface area contributed by atoms with Gasteiger partial charge in [-0.25, -0.2) is 4.39 Å². The van der Waals surface area contributed by atoms with Gasteiger partial charge >= 0.3 is 0 Å². The van der Waals surface area contributed by atoms with Crippen molar-refractivity contribution < 1.29 is 9.31 Å². The Morgan fingerprint density at radius 3 is 2.50 bits per heavy atom. The van der Waals surface area contributed by atoms with E-state index in [1.54, 1.807) is 0 Å². The average molecular weight is 304 g/mol. The molecular formula is C13H19ClFN3O2. The predicted molar refractivity (Wildman–Crippen MR) is 77.6 cm³/mol. The lowest BCUT2D eigenvalue weighted by atomic mass is 10.1. The topological polar surface area (TPSA) is 58.4 Å².